The van der Waals surface area contributed by atoms with Crippen LogP contribution in [0.5, 0.6) is 0 Å². The SMILES string of the molecule is CC(C)CCCCCCNC(=O)Cc1ccccc1[N+](=O)[O-]. The smallest absolute Gasteiger partial charge is 0.273 e. The third-order valence-electron chi connectivity index (χ3n) is 3.57. The lowest BCUT2D eigenvalue weighted by atomic mass is 10.0. The average Bonchev–Trinajstić information content (AvgIpc) is 2.46. The highest BCUT2D eigenvalue weighted by Crippen LogP contribution is 2.17. The minimum absolute atomic E-state index is 0.00587. The maximum absolute atomic E-state index is 11.8. The molecule has 0 heterocycles. The van der Waals surface area contributed by atoms with Crippen molar-refractivity contribution in [3.05, 3.63) is 39.9 Å². The maximum atomic E-state index is 11.8. The van der Waals surface area contributed by atoms with Gasteiger partial charge in [0.15, 0.2) is 0 Å². The van der Waals surface area contributed by atoms with Crippen LogP contribution in [0.1, 0.15) is 51.5 Å². The molecule has 0 unspecified atom stereocenters. The van der Waals surface area contributed by atoms with E-state index in [9.17, 15) is 14.9 Å². The van der Waals surface area contributed by atoms with Crippen molar-refractivity contribution in [2.45, 2.75) is 52.4 Å². The molecule has 0 aliphatic carbocycles. The van der Waals surface area contributed by atoms with E-state index in [0.29, 0.717) is 12.1 Å². The van der Waals surface area contributed by atoms with Crippen LogP contribution in [0.2, 0.25) is 0 Å². The first kappa shape index (κ1) is 18.1. The van der Waals surface area contributed by atoms with Gasteiger partial charge < -0.3 is 5.32 Å². The van der Waals surface area contributed by atoms with Crippen molar-refractivity contribution in [2.75, 3.05) is 6.54 Å². The van der Waals surface area contributed by atoms with Crippen LogP contribution >= 0.6 is 0 Å². The Kier molecular flexibility index (Phi) is 8.18. The van der Waals surface area contributed by atoms with E-state index in [0.717, 1.165) is 18.8 Å². The fourth-order valence-corrected chi connectivity index (χ4v) is 2.33. The third-order valence-corrected chi connectivity index (χ3v) is 3.57. The molecule has 0 saturated carbocycles. The number of carbonyl (C=O) groups is 1. The Hall–Kier alpha value is -1.91. The van der Waals surface area contributed by atoms with Crippen LogP contribution in [0, 0.1) is 16.0 Å². The molecule has 0 aliphatic rings. The number of para-hydroxylation sites is 1. The first-order chi connectivity index (χ1) is 10.5. The Bertz CT molecular complexity index is 487. The number of benzene rings is 1. The molecule has 0 atom stereocenters. The maximum Gasteiger partial charge on any atom is 0.273 e. The van der Waals surface area contributed by atoms with Crippen molar-refractivity contribution in [3.8, 4) is 0 Å². The number of amides is 1. The minimum Gasteiger partial charge on any atom is -0.356 e. The Morgan fingerprint density at radius 2 is 1.86 bits per heavy atom. The van der Waals surface area contributed by atoms with Gasteiger partial charge in [-0.15, -0.1) is 0 Å². The van der Waals surface area contributed by atoms with Crippen molar-refractivity contribution in [3.63, 3.8) is 0 Å². The number of nitrogens with one attached hydrogen (secondary N) is 1. The van der Waals surface area contributed by atoms with E-state index < -0.39 is 4.92 Å². The standard InChI is InChI=1S/C17H26N2O3/c1-14(2)9-5-3-4-8-12-18-17(20)13-15-10-6-7-11-16(15)19(21)22/h6-7,10-11,14H,3-5,8-9,12-13H2,1-2H3,(H,18,20). The van der Waals surface area contributed by atoms with Gasteiger partial charge in [0, 0.05) is 18.2 Å². The van der Waals surface area contributed by atoms with Crippen LogP contribution in [0.4, 0.5) is 5.69 Å². The Labute approximate surface area is 132 Å². The van der Waals surface area contributed by atoms with Crippen LogP contribution < -0.4 is 5.32 Å². The van der Waals surface area contributed by atoms with Crippen LogP contribution in [0.3, 0.4) is 0 Å². The molecule has 22 heavy (non-hydrogen) atoms. The summed E-state index contributed by atoms with van der Waals surface area (Å²) in [6, 6.07) is 6.38. The van der Waals surface area contributed by atoms with Gasteiger partial charge >= 0.3 is 0 Å². The summed E-state index contributed by atoms with van der Waals surface area (Å²) in [5, 5.41) is 13.7. The molecule has 0 aromatic heterocycles. The van der Waals surface area contributed by atoms with Crippen LogP contribution in [-0.4, -0.2) is 17.4 Å². The molecule has 0 radical (unpaired) electrons. The van der Waals surface area contributed by atoms with Crippen molar-refractivity contribution < 1.29 is 9.72 Å². The molecular weight excluding hydrogens is 280 g/mol. The average molecular weight is 306 g/mol. The second-order valence-corrected chi connectivity index (χ2v) is 6.01. The van der Waals surface area contributed by atoms with Crippen molar-refractivity contribution in [2.24, 2.45) is 5.92 Å². The van der Waals surface area contributed by atoms with Gasteiger partial charge in [-0.2, -0.15) is 0 Å². The second kappa shape index (κ2) is 9.92. The van der Waals surface area contributed by atoms with Crippen molar-refractivity contribution in [1.29, 1.82) is 0 Å². The molecule has 1 rings (SSSR count). The lowest BCUT2D eigenvalue weighted by molar-refractivity contribution is -0.385. The van der Waals surface area contributed by atoms with Gasteiger partial charge in [-0.05, 0) is 12.3 Å². The lowest BCUT2D eigenvalue weighted by Gasteiger charge is -2.07. The Balaban J connectivity index is 2.23. The van der Waals surface area contributed by atoms with Crippen LogP contribution in [0.15, 0.2) is 24.3 Å². The molecule has 5 nitrogen and oxygen atoms in total. The van der Waals surface area contributed by atoms with Gasteiger partial charge in [-0.1, -0.05) is 57.7 Å². The molecule has 122 valence electrons. The fourth-order valence-electron chi connectivity index (χ4n) is 2.33. The van der Waals surface area contributed by atoms with Crippen molar-refractivity contribution in [1.82, 2.24) is 5.32 Å². The third kappa shape index (κ3) is 7.20. The van der Waals surface area contributed by atoms with Crippen LogP contribution in [-0.2, 0) is 11.2 Å². The number of unbranched alkanes of at least 4 members (excludes halogenated alkanes) is 3. The molecule has 1 aromatic carbocycles. The zero-order valence-electron chi connectivity index (χ0n) is 13.5. The minimum atomic E-state index is -0.447. The number of carbonyl (C=O) groups excluding carboxylic acids is 1. The monoisotopic (exact) mass is 306 g/mol. The molecule has 1 N–H and O–H groups in total. The normalized spacial score (nSPS) is 10.7. The molecule has 0 saturated heterocycles. The lowest BCUT2D eigenvalue weighted by Crippen LogP contribution is -2.26. The predicted molar refractivity (Wildman–Crippen MR) is 87.7 cm³/mol. The molecule has 1 aromatic rings. The second-order valence-electron chi connectivity index (χ2n) is 6.01. The number of nitro benzene ring substituents is 1. The number of hydrogen-bond donors (Lipinski definition) is 1. The molecule has 1 amide bonds. The van der Waals surface area contributed by atoms with E-state index in [1.54, 1.807) is 18.2 Å². The van der Waals surface area contributed by atoms with Gasteiger partial charge in [-0.3, -0.25) is 14.9 Å². The van der Waals surface area contributed by atoms with Gasteiger partial charge in [0.2, 0.25) is 5.91 Å². The molecule has 0 bridgehead atoms. The van der Waals surface area contributed by atoms with Crippen LogP contribution in [0.25, 0.3) is 0 Å². The van der Waals surface area contributed by atoms with E-state index in [2.05, 4.69) is 19.2 Å². The quantitative estimate of drug-likeness (QED) is 0.405. The number of nitro groups is 1. The van der Waals surface area contributed by atoms with Gasteiger partial charge in [0.25, 0.3) is 5.69 Å². The topological polar surface area (TPSA) is 72.2 Å². The highest BCUT2D eigenvalue weighted by atomic mass is 16.6. The largest absolute Gasteiger partial charge is 0.356 e. The summed E-state index contributed by atoms with van der Waals surface area (Å²) in [6.07, 6.45) is 5.81. The summed E-state index contributed by atoms with van der Waals surface area (Å²) >= 11 is 0. The van der Waals surface area contributed by atoms with E-state index in [4.69, 9.17) is 0 Å². The van der Waals surface area contributed by atoms with Gasteiger partial charge in [0.05, 0.1) is 11.3 Å². The summed E-state index contributed by atoms with van der Waals surface area (Å²) in [4.78, 5) is 22.3. The molecule has 0 aliphatic heterocycles. The Morgan fingerprint density at radius 3 is 2.55 bits per heavy atom. The fraction of sp³-hybridized carbons (Fsp3) is 0.588. The zero-order valence-corrected chi connectivity index (χ0v) is 13.5. The Morgan fingerprint density at radius 1 is 1.18 bits per heavy atom. The van der Waals surface area contributed by atoms with E-state index in [1.807, 2.05) is 0 Å². The molecule has 0 fully saturated rings. The van der Waals surface area contributed by atoms with Gasteiger partial charge in [-0.25, -0.2) is 0 Å². The van der Waals surface area contributed by atoms with E-state index >= 15 is 0 Å². The summed E-state index contributed by atoms with van der Waals surface area (Å²) in [5.41, 5.74) is 0.466. The summed E-state index contributed by atoms with van der Waals surface area (Å²) in [5.74, 6) is 0.595. The van der Waals surface area contributed by atoms with Gasteiger partial charge in [0.1, 0.15) is 0 Å². The van der Waals surface area contributed by atoms with E-state index in [-0.39, 0.29) is 18.0 Å². The zero-order chi connectivity index (χ0) is 16.4. The highest BCUT2D eigenvalue weighted by Gasteiger charge is 2.14. The van der Waals surface area contributed by atoms with E-state index in [1.165, 1.54) is 25.3 Å². The first-order valence-corrected chi connectivity index (χ1v) is 7.99. The predicted octanol–water partition coefficient (Wildman–Crippen LogP) is 3.86. The summed E-state index contributed by atoms with van der Waals surface area (Å²) in [7, 11) is 0. The highest BCUT2D eigenvalue weighted by molar-refractivity contribution is 5.79. The molecule has 5 heteroatoms. The first-order valence-electron chi connectivity index (χ1n) is 7.99. The number of hydrogen-bond acceptors (Lipinski definition) is 3. The summed E-state index contributed by atoms with van der Waals surface area (Å²) in [6.45, 7) is 5.09. The molecular formula is C17H26N2O3. The summed E-state index contributed by atoms with van der Waals surface area (Å²) < 4.78 is 0. The van der Waals surface area contributed by atoms with Crippen molar-refractivity contribution >= 4 is 11.6 Å². The number of rotatable bonds is 10. The molecule has 0 spiro atoms. The number of nitrogens with zero attached hydrogens (tertiary/aromatic N) is 1.